The van der Waals surface area contributed by atoms with Crippen LogP contribution < -0.4 is 5.32 Å². The molecule has 100 valence electrons. The fourth-order valence-corrected chi connectivity index (χ4v) is 1.92. The standard InChI is InChI=1S/C15H23NO2/c1-12-3-2-4-14(7-12)8-16-9-15(17)11-18-10-13-5-6-13/h2-4,7,13,15-17H,5-6,8-11H2,1H3. The van der Waals surface area contributed by atoms with Crippen LogP contribution in [0.1, 0.15) is 24.0 Å². The number of aliphatic hydroxyl groups excluding tert-OH is 1. The van der Waals surface area contributed by atoms with Crippen LogP contribution in [0.15, 0.2) is 24.3 Å². The van der Waals surface area contributed by atoms with E-state index < -0.39 is 6.10 Å². The average molecular weight is 249 g/mol. The molecule has 1 fully saturated rings. The van der Waals surface area contributed by atoms with E-state index >= 15 is 0 Å². The molecule has 2 N–H and O–H groups in total. The molecular formula is C15H23NO2. The third kappa shape index (κ3) is 5.17. The number of nitrogens with one attached hydrogen (secondary N) is 1. The predicted octanol–water partition coefficient (Wildman–Crippen LogP) is 1.87. The number of rotatable bonds is 8. The third-order valence-corrected chi connectivity index (χ3v) is 3.15. The molecule has 2 rings (SSSR count). The molecule has 3 heteroatoms. The zero-order valence-corrected chi connectivity index (χ0v) is 11.1. The van der Waals surface area contributed by atoms with Crippen LogP contribution in [-0.2, 0) is 11.3 Å². The molecular weight excluding hydrogens is 226 g/mol. The van der Waals surface area contributed by atoms with Crippen molar-refractivity contribution in [2.45, 2.75) is 32.4 Å². The van der Waals surface area contributed by atoms with Crippen LogP contribution in [0.5, 0.6) is 0 Å². The van der Waals surface area contributed by atoms with E-state index in [-0.39, 0.29) is 0 Å². The van der Waals surface area contributed by atoms with Crippen molar-refractivity contribution in [3.8, 4) is 0 Å². The highest BCUT2D eigenvalue weighted by molar-refractivity contribution is 5.21. The van der Waals surface area contributed by atoms with Gasteiger partial charge < -0.3 is 15.2 Å². The Balaban J connectivity index is 1.56. The molecule has 0 radical (unpaired) electrons. The summed E-state index contributed by atoms with van der Waals surface area (Å²) in [5, 5.41) is 13.0. The molecule has 1 aromatic carbocycles. The number of hydrogen-bond acceptors (Lipinski definition) is 3. The van der Waals surface area contributed by atoms with Crippen LogP contribution in [-0.4, -0.2) is 31.0 Å². The van der Waals surface area contributed by atoms with Gasteiger partial charge in [0.1, 0.15) is 0 Å². The number of hydrogen-bond donors (Lipinski definition) is 2. The lowest BCUT2D eigenvalue weighted by Crippen LogP contribution is -2.30. The summed E-state index contributed by atoms with van der Waals surface area (Å²) >= 11 is 0. The third-order valence-electron chi connectivity index (χ3n) is 3.15. The van der Waals surface area contributed by atoms with Gasteiger partial charge in [-0.1, -0.05) is 29.8 Å². The zero-order valence-electron chi connectivity index (χ0n) is 11.1. The molecule has 1 unspecified atom stereocenters. The molecule has 18 heavy (non-hydrogen) atoms. The Morgan fingerprint density at radius 1 is 1.44 bits per heavy atom. The molecule has 1 aromatic rings. The van der Waals surface area contributed by atoms with Crippen LogP contribution in [0.25, 0.3) is 0 Å². The number of ether oxygens (including phenoxy) is 1. The van der Waals surface area contributed by atoms with Crippen molar-refractivity contribution in [2.75, 3.05) is 19.8 Å². The molecule has 0 bridgehead atoms. The molecule has 0 spiro atoms. The summed E-state index contributed by atoms with van der Waals surface area (Å²) in [5.41, 5.74) is 2.52. The maximum Gasteiger partial charge on any atom is 0.0897 e. The van der Waals surface area contributed by atoms with Gasteiger partial charge in [0.25, 0.3) is 0 Å². The number of aliphatic hydroxyl groups is 1. The SMILES string of the molecule is Cc1cccc(CNCC(O)COCC2CC2)c1. The second-order valence-electron chi connectivity index (χ2n) is 5.25. The lowest BCUT2D eigenvalue weighted by Gasteiger charge is -2.12. The Labute approximate surface area is 109 Å². The Morgan fingerprint density at radius 3 is 3.00 bits per heavy atom. The maximum absolute atomic E-state index is 9.73. The minimum Gasteiger partial charge on any atom is -0.389 e. The highest BCUT2D eigenvalue weighted by atomic mass is 16.5. The highest BCUT2D eigenvalue weighted by Crippen LogP contribution is 2.28. The van der Waals surface area contributed by atoms with E-state index in [0.29, 0.717) is 13.2 Å². The van der Waals surface area contributed by atoms with Crippen LogP contribution in [0, 0.1) is 12.8 Å². The van der Waals surface area contributed by atoms with Crippen molar-refractivity contribution in [1.82, 2.24) is 5.32 Å². The van der Waals surface area contributed by atoms with Gasteiger partial charge in [-0.05, 0) is 31.2 Å². The largest absolute Gasteiger partial charge is 0.389 e. The van der Waals surface area contributed by atoms with Crippen LogP contribution in [0.2, 0.25) is 0 Å². The molecule has 1 atom stereocenters. The van der Waals surface area contributed by atoms with Crippen molar-refractivity contribution >= 4 is 0 Å². The van der Waals surface area contributed by atoms with E-state index in [1.807, 2.05) is 0 Å². The smallest absolute Gasteiger partial charge is 0.0897 e. The Kier molecular flexibility index (Phi) is 5.17. The first kappa shape index (κ1) is 13.5. The molecule has 1 aliphatic rings. The summed E-state index contributed by atoms with van der Waals surface area (Å²) in [6, 6.07) is 8.39. The molecule has 0 heterocycles. The monoisotopic (exact) mass is 249 g/mol. The molecule has 0 aromatic heterocycles. The highest BCUT2D eigenvalue weighted by Gasteiger charge is 2.21. The van der Waals surface area contributed by atoms with E-state index in [4.69, 9.17) is 4.74 Å². The van der Waals surface area contributed by atoms with Crippen molar-refractivity contribution in [1.29, 1.82) is 0 Å². The normalized spacial score (nSPS) is 16.8. The van der Waals surface area contributed by atoms with Crippen molar-refractivity contribution in [2.24, 2.45) is 5.92 Å². The van der Waals surface area contributed by atoms with Crippen molar-refractivity contribution in [3.05, 3.63) is 35.4 Å². The second-order valence-corrected chi connectivity index (χ2v) is 5.25. The number of aryl methyl sites for hydroxylation is 1. The van der Waals surface area contributed by atoms with Crippen molar-refractivity contribution < 1.29 is 9.84 Å². The van der Waals surface area contributed by atoms with Crippen LogP contribution >= 0.6 is 0 Å². The van der Waals surface area contributed by atoms with Gasteiger partial charge >= 0.3 is 0 Å². The number of benzene rings is 1. The maximum atomic E-state index is 9.73. The van der Waals surface area contributed by atoms with Gasteiger partial charge in [-0.3, -0.25) is 0 Å². The summed E-state index contributed by atoms with van der Waals surface area (Å²) < 4.78 is 5.45. The zero-order chi connectivity index (χ0) is 12.8. The van der Waals surface area contributed by atoms with E-state index in [9.17, 15) is 5.11 Å². The van der Waals surface area contributed by atoms with E-state index in [0.717, 1.165) is 19.1 Å². The minimum atomic E-state index is -0.409. The Bertz CT molecular complexity index is 363. The Hall–Kier alpha value is -0.900. The van der Waals surface area contributed by atoms with Gasteiger partial charge in [-0.15, -0.1) is 0 Å². The van der Waals surface area contributed by atoms with Crippen molar-refractivity contribution in [3.63, 3.8) is 0 Å². The molecule has 0 amide bonds. The second kappa shape index (κ2) is 6.88. The average Bonchev–Trinajstić information content (AvgIpc) is 3.13. The van der Waals surface area contributed by atoms with E-state index in [2.05, 4.69) is 36.5 Å². The molecule has 3 nitrogen and oxygen atoms in total. The first-order valence-electron chi connectivity index (χ1n) is 6.76. The Morgan fingerprint density at radius 2 is 2.28 bits per heavy atom. The fraction of sp³-hybridized carbons (Fsp3) is 0.600. The topological polar surface area (TPSA) is 41.5 Å². The summed E-state index contributed by atoms with van der Waals surface area (Å²) in [5.74, 6) is 0.762. The van der Waals surface area contributed by atoms with Gasteiger partial charge in [0.2, 0.25) is 0 Å². The molecule has 0 aliphatic heterocycles. The summed E-state index contributed by atoms with van der Waals surface area (Å²) in [6.45, 7) is 4.72. The lowest BCUT2D eigenvalue weighted by molar-refractivity contribution is 0.0324. The first-order valence-corrected chi connectivity index (χ1v) is 6.76. The van der Waals surface area contributed by atoms with Gasteiger partial charge in [-0.25, -0.2) is 0 Å². The summed E-state index contributed by atoms with van der Waals surface area (Å²) in [4.78, 5) is 0. The molecule has 1 aliphatic carbocycles. The van der Waals surface area contributed by atoms with Crippen LogP contribution in [0.3, 0.4) is 0 Å². The predicted molar refractivity (Wildman–Crippen MR) is 72.4 cm³/mol. The van der Waals surface area contributed by atoms with Gasteiger partial charge in [0, 0.05) is 19.7 Å². The van der Waals surface area contributed by atoms with Crippen LogP contribution in [0.4, 0.5) is 0 Å². The molecule has 1 saturated carbocycles. The van der Waals surface area contributed by atoms with E-state index in [1.165, 1.54) is 24.0 Å². The first-order chi connectivity index (χ1) is 8.74. The quantitative estimate of drug-likeness (QED) is 0.739. The fourth-order valence-electron chi connectivity index (χ4n) is 1.92. The van der Waals surface area contributed by atoms with Gasteiger partial charge in [-0.2, -0.15) is 0 Å². The van der Waals surface area contributed by atoms with Gasteiger partial charge in [0.15, 0.2) is 0 Å². The molecule has 0 saturated heterocycles. The summed E-state index contributed by atoms with van der Waals surface area (Å²) in [6.07, 6.45) is 2.18. The minimum absolute atomic E-state index is 0.409. The summed E-state index contributed by atoms with van der Waals surface area (Å²) in [7, 11) is 0. The lowest BCUT2D eigenvalue weighted by atomic mass is 10.1. The van der Waals surface area contributed by atoms with E-state index in [1.54, 1.807) is 0 Å². The van der Waals surface area contributed by atoms with Gasteiger partial charge in [0.05, 0.1) is 12.7 Å².